The Balaban J connectivity index is 1.49. The van der Waals surface area contributed by atoms with Gasteiger partial charge in [-0.15, -0.1) is 0 Å². The van der Waals surface area contributed by atoms with Crippen LogP contribution in [0.3, 0.4) is 0 Å². The summed E-state index contributed by atoms with van der Waals surface area (Å²) in [5.74, 6) is 0.423. The molecule has 1 aliphatic carbocycles. The first kappa shape index (κ1) is 24.0. The highest BCUT2D eigenvalue weighted by Crippen LogP contribution is 2.27. The number of carbonyl (C=O) groups excluding carboxylic acids is 1. The van der Waals surface area contributed by atoms with Gasteiger partial charge in [0, 0.05) is 36.4 Å². The Labute approximate surface area is 187 Å². The highest BCUT2D eigenvalue weighted by Gasteiger charge is 2.29. The average molecular weight is 452 g/mol. The molecule has 2 N–H and O–H groups in total. The van der Waals surface area contributed by atoms with Gasteiger partial charge in [0.15, 0.2) is 0 Å². The quantitative estimate of drug-likeness (QED) is 0.664. The van der Waals surface area contributed by atoms with E-state index in [-0.39, 0.29) is 24.0 Å². The van der Waals surface area contributed by atoms with Crippen molar-refractivity contribution in [3.8, 4) is 0 Å². The zero-order valence-electron chi connectivity index (χ0n) is 19.1. The molecule has 1 aliphatic heterocycles. The molecule has 1 saturated carbocycles. The van der Waals surface area contributed by atoms with E-state index in [4.69, 9.17) is 4.74 Å². The van der Waals surface area contributed by atoms with E-state index in [1.165, 1.54) is 0 Å². The summed E-state index contributed by atoms with van der Waals surface area (Å²) >= 11 is 0. The molecule has 1 aromatic carbocycles. The number of sulfonamides is 1. The van der Waals surface area contributed by atoms with Gasteiger partial charge in [0.25, 0.3) is 0 Å². The number of benzene rings is 1. The van der Waals surface area contributed by atoms with E-state index in [0.29, 0.717) is 31.6 Å². The van der Waals surface area contributed by atoms with Crippen LogP contribution in [0.5, 0.6) is 0 Å². The van der Waals surface area contributed by atoms with Gasteiger partial charge in [0.1, 0.15) is 0 Å². The fourth-order valence-corrected chi connectivity index (χ4v) is 5.13. The normalized spacial score (nSPS) is 25.1. The SMILES string of the molecule is CC(C)[C@@H]1CN(c2ccc(NC(=O)[C@H]3CC[C@H](NS(=O)(=O)C(C)C)CC3)cc2)CCO1. The third-order valence-corrected chi connectivity index (χ3v) is 8.29. The first-order valence-corrected chi connectivity index (χ1v) is 13.0. The molecule has 2 aliphatic rings. The van der Waals surface area contributed by atoms with E-state index in [2.05, 4.69) is 40.9 Å². The number of rotatable bonds is 7. The number of hydrogen-bond donors (Lipinski definition) is 2. The lowest BCUT2D eigenvalue weighted by Crippen LogP contribution is -2.44. The van der Waals surface area contributed by atoms with Crippen molar-refractivity contribution in [2.75, 3.05) is 29.9 Å². The van der Waals surface area contributed by atoms with Gasteiger partial charge in [-0.25, -0.2) is 13.1 Å². The van der Waals surface area contributed by atoms with Crippen molar-refractivity contribution in [3.05, 3.63) is 24.3 Å². The number of nitrogens with one attached hydrogen (secondary N) is 2. The lowest BCUT2D eigenvalue weighted by atomic mass is 9.86. The van der Waals surface area contributed by atoms with Crippen LogP contribution in [-0.2, 0) is 19.6 Å². The van der Waals surface area contributed by atoms with Crippen LogP contribution in [0.2, 0.25) is 0 Å². The topological polar surface area (TPSA) is 87.7 Å². The molecule has 31 heavy (non-hydrogen) atoms. The summed E-state index contributed by atoms with van der Waals surface area (Å²) in [5, 5.41) is 2.59. The summed E-state index contributed by atoms with van der Waals surface area (Å²) in [4.78, 5) is 15.0. The second-order valence-electron chi connectivity index (χ2n) is 9.40. The zero-order valence-corrected chi connectivity index (χ0v) is 20.0. The summed E-state index contributed by atoms with van der Waals surface area (Å²) in [5.41, 5.74) is 1.94. The van der Waals surface area contributed by atoms with Gasteiger partial charge in [0.2, 0.25) is 15.9 Å². The van der Waals surface area contributed by atoms with Gasteiger partial charge in [-0.3, -0.25) is 4.79 Å². The van der Waals surface area contributed by atoms with E-state index in [9.17, 15) is 13.2 Å². The molecule has 0 unspecified atom stereocenters. The molecule has 0 spiro atoms. The molecule has 174 valence electrons. The summed E-state index contributed by atoms with van der Waals surface area (Å²) < 4.78 is 32.7. The Morgan fingerprint density at radius 3 is 2.29 bits per heavy atom. The Bertz CT molecular complexity index is 831. The molecule has 2 fully saturated rings. The van der Waals surface area contributed by atoms with E-state index in [1.807, 2.05) is 12.1 Å². The lowest BCUT2D eigenvalue weighted by Gasteiger charge is -2.36. The van der Waals surface area contributed by atoms with Crippen LogP contribution in [-0.4, -0.2) is 51.4 Å². The number of amides is 1. The van der Waals surface area contributed by atoms with Crippen molar-refractivity contribution in [2.24, 2.45) is 11.8 Å². The maximum atomic E-state index is 12.7. The van der Waals surface area contributed by atoms with Crippen LogP contribution < -0.4 is 14.9 Å². The Hall–Kier alpha value is -1.64. The minimum atomic E-state index is -3.27. The molecular formula is C23H37N3O4S. The van der Waals surface area contributed by atoms with Crippen molar-refractivity contribution < 1.29 is 17.9 Å². The number of morpholine rings is 1. The first-order chi connectivity index (χ1) is 14.7. The molecule has 0 bridgehead atoms. The highest BCUT2D eigenvalue weighted by molar-refractivity contribution is 7.90. The molecule has 1 atom stereocenters. The van der Waals surface area contributed by atoms with Gasteiger partial charge < -0.3 is 15.0 Å². The molecule has 0 aromatic heterocycles. The fourth-order valence-electron chi connectivity index (χ4n) is 4.16. The smallest absolute Gasteiger partial charge is 0.227 e. The fraction of sp³-hybridized carbons (Fsp3) is 0.696. The van der Waals surface area contributed by atoms with Crippen molar-refractivity contribution in [1.82, 2.24) is 4.72 Å². The second kappa shape index (κ2) is 10.3. The molecule has 1 heterocycles. The molecule has 1 aromatic rings. The summed E-state index contributed by atoms with van der Waals surface area (Å²) in [6.07, 6.45) is 3.01. The minimum Gasteiger partial charge on any atom is -0.374 e. The van der Waals surface area contributed by atoms with E-state index in [0.717, 1.165) is 31.1 Å². The third kappa shape index (κ3) is 6.43. The number of hydrogen-bond acceptors (Lipinski definition) is 5. The molecule has 8 heteroatoms. The second-order valence-corrected chi connectivity index (χ2v) is 11.7. The predicted octanol–water partition coefficient (Wildman–Crippen LogP) is 3.37. The number of carbonyl (C=O) groups is 1. The summed E-state index contributed by atoms with van der Waals surface area (Å²) in [6.45, 7) is 10.2. The Kier molecular flexibility index (Phi) is 7.99. The van der Waals surface area contributed by atoms with Gasteiger partial charge in [-0.1, -0.05) is 13.8 Å². The van der Waals surface area contributed by atoms with Crippen molar-refractivity contribution in [2.45, 2.75) is 70.8 Å². The standard InChI is InChI=1S/C23H37N3O4S/c1-16(2)22-15-26(13-14-30-22)21-11-9-19(10-12-21)24-23(27)18-5-7-20(8-6-18)25-31(28,29)17(3)4/h9-12,16-18,20,22,25H,5-8,13-15H2,1-4H3,(H,24,27)/t18-,20-,22-/m0/s1. The van der Waals surface area contributed by atoms with Crippen LogP contribution in [0.25, 0.3) is 0 Å². The minimum absolute atomic E-state index is 0.0177. The molecule has 7 nitrogen and oxygen atoms in total. The van der Waals surface area contributed by atoms with Crippen LogP contribution in [0.4, 0.5) is 11.4 Å². The van der Waals surface area contributed by atoms with Crippen LogP contribution in [0.1, 0.15) is 53.4 Å². The summed E-state index contributed by atoms with van der Waals surface area (Å²) in [6, 6.07) is 7.94. The third-order valence-electron chi connectivity index (χ3n) is 6.39. The highest BCUT2D eigenvalue weighted by atomic mass is 32.2. The van der Waals surface area contributed by atoms with Crippen LogP contribution in [0.15, 0.2) is 24.3 Å². The summed E-state index contributed by atoms with van der Waals surface area (Å²) in [7, 11) is -3.27. The number of nitrogens with zero attached hydrogens (tertiary/aromatic N) is 1. The molecule has 1 amide bonds. The monoisotopic (exact) mass is 451 g/mol. The van der Waals surface area contributed by atoms with Gasteiger partial charge in [-0.05, 0) is 69.7 Å². The van der Waals surface area contributed by atoms with Gasteiger partial charge in [-0.2, -0.15) is 0 Å². The van der Waals surface area contributed by atoms with E-state index >= 15 is 0 Å². The maximum Gasteiger partial charge on any atom is 0.227 e. The Morgan fingerprint density at radius 1 is 1.06 bits per heavy atom. The van der Waals surface area contributed by atoms with Crippen molar-refractivity contribution in [3.63, 3.8) is 0 Å². The van der Waals surface area contributed by atoms with Crippen LogP contribution >= 0.6 is 0 Å². The van der Waals surface area contributed by atoms with Crippen molar-refractivity contribution >= 4 is 27.3 Å². The van der Waals surface area contributed by atoms with E-state index in [1.54, 1.807) is 13.8 Å². The zero-order chi connectivity index (χ0) is 22.6. The van der Waals surface area contributed by atoms with Gasteiger partial charge >= 0.3 is 0 Å². The molecule has 0 radical (unpaired) electrons. The van der Waals surface area contributed by atoms with Gasteiger partial charge in [0.05, 0.1) is 18.0 Å². The Morgan fingerprint density at radius 2 is 1.71 bits per heavy atom. The maximum absolute atomic E-state index is 12.7. The predicted molar refractivity (Wildman–Crippen MR) is 125 cm³/mol. The number of anilines is 2. The largest absolute Gasteiger partial charge is 0.374 e. The lowest BCUT2D eigenvalue weighted by molar-refractivity contribution is -0.120. The molecule has 1 saturated heterocycles. The molecule has 3 rings (SSSR count). The number of ether oxygens (including phenoxy) is 1. The first-order valence-electron chi connectivity index (χ1n) is 11.4. The average Bonchev–Trinajstić information content (AvgIpc) is 2.74. The van der Waals surface area contributed by atoms with Crippen LogP contribution in [0, 0.1) is 11.8 Å². The van der Waals surface area contributed by atoms with E-state index < -0.39 is 15.3 Å². The molecular weight excluding hydrogens is 414 g/mol. The van der Waals surface area contributed by atoms with Crippen molar-refractivity contribution in [1.29, 1.82) is 0 Å².